The Bertz CT molecular complexity index is 1200. The van der Waals surface area contributed by atoms with E-state index in [1.54, 1.807) is 12.1 Å². The molecule has 0 saturated heterocycles. The van der Waals surface area contributed by atoms with Crippen LogP contribution in [0.1, 0.15) is 62.5 Å². The molecule has 36 heavy (non-hydrogen) atoms. The highest BCUT2D eigenvalue weighted by Gasteiger charge is 2.58. The van der Waals surface area contributed by atoms with Crippen LogP contribution in [0.15, 0.2) is 36.4 Å². The summed E-state index contributed by atoms with van der Waals surface area (Å²) in [6.45, 7) is 0.635. The van der Waals surface area contributed by atoms with Crippen LogP contribution in [0.2, 0.25) is 15.1 Å². The zero-order valence-electron chi connectivity index (χ0n) is 20.0. The summed E-state index contributed by atoms with van der Waals surface area (Å²) in [7, 11) is 0. The molecule has 3 aliphatic rings. The highest BCUT2D eigenvalue weighted by Crippen LogP contribution is 2.63. The van der Waals surface area contributed by atoms with Crippen molar-refractivity contribution in [1.82, 2.24) is 4.90 Å². The minimum absolute atomic E-state index is 0.123. The van der Waals surface area contributed by atoms with Crippen molar-refractivity contribution in [2.45, 2.75) is 68.9 Å². The zero-order valence-corrected chi connectivity index (χ0v) is 22.3. The summed E-state index contributed by atoms with van der Waals surface area (Å²) in [6.07, 6.45) is 7.23. The number of aliphatic hydroxyl groups excluding tert-OH is 1. The number of carbonyl (C=O) groups excluding carboxylic acids is 1. The minimum Gasteiger partial charge on any atom is -0.393 e. The van der Waals surface area contributed by atoms with Gasteiger partial charge in [0.2, 0.25) is 0 Å². The van der Waals surface area contributed by atoms with Gasteiger partial charge in [0.1, 0.15) is 0 Å². The van der Waals surface area contributed by atoms with E-state index in [0.717, 1.165) is 51.4 Å². The number of hydrogen-bond acceptors (Lipinski definition) is 3. The van der Waals surface area contributed by atoms with E-state index in [-0.39, 0.29) is 23.6 Å². The largest absolute Gasteiger partial charge is 0.393 e. The van der Waals surface area contributed by atoms with Crippen molar-refractivity contribution in [2.75, 3.05) is 11.9 Å². The molecule has 2 aromatic rings. The average molecular weight is 547 g/mol. The quantitative estimate of drug-likeness (QED) is 0.370. The molecule has 5 rings (SSSR count). The van der Waals surface area contributed by atoms with Crippen LogP contribution in [0.5, 0.6) is 0 Å². The molecule has 0 heterocycles. The summed E-state index contributed by atoms with van der Waals surface area (Å²) in [4.78, 5) is 15.5. The third kappa shape index (κ3) is 5.20. The Morgan fingerprint density at radius 3 is 2.64 bits per heavy atom. The molecule has 190 valence electrons. The molecule has 3 saturated carbocycles. The second-order valence-electron chi connectivity index (χ2n) is 10.7. The first-order chi connectivity index (χ1) is 17.3. The number of nitriles is 1. The number of hydrogen-bond donors (Lipinski definition) is 2. The van der Waals surface area contributed by atoms with Gasteiger partial charge >= 0.3 is 6.03 Å². The molecular formula is C28H30Cl3N3O2. The van der Waals surface area contributed by atoms with E-state index >= 15 is 0 Å². The number of carbonyl (C=O) groups is 1. The second-order valence-corrected chi connectivity index (χ2v) is 11.9. The van der Waals surface area contributed by atoms with Gasteiger partial charge in [0, 0.05) is 12.6 Å². The van der Waals surface area contributed by atoms with Gasteiger partial charge in [-0.25, -0.2) is 4.79 Å². The molecule has 2 amide bonds. The lowest BCUT2D eigenvalue weighted by molar-refractivity contribution is 0.151. The second kappa shape index (κ2) is 10.4. The fourth-order valence-electron chi connectivity index (χ4n) is 6.43. The van der Waals surface area contributed by atoms with E-state index < -0.39 is 0 Å². The van der Waals surface area contributed by atoms with Crippen LogP contribution < -0.4 is 5.32 Å². The normalized spacial score (nSPS) is 28.8. The highest BCUT2D eigenvalue weighted by molar-refractivity contribution is 6.44. The monoisotopic (exact) mass is 545 g/mol. The van der Waals surface area contributed by atoms with Crippen molar-refractivity contribution >= 4 is 46.5 Å². The Balaban J connectivity index is 1.31. The number of anilines is 1. The average Bonchev–Trinajstić information content (AvgIpc) is 3.47. The lowest BCUT2D eigenvalue weighted by Gasteiger charge is -2.37. The summed E-state index contributed by atoms with van der Waals surface area (Å²) in [6, 6.07) is 13.3. The van der Waals surface area contributed by atoms with Crippen molar-refractivity contribution in [3.8, 4) is 6.07 Å². The first-order valence-corrected chi connectivity index (χ1v) is 13.8. The van der Waals surface area contributed by atoms with Crippen molar-refractivity contribution in [3.05, 3.63) is 62.6 Å². The molecule has 2 N–H and O–H groups in total. The SMILES string of the molecule is N#Cc1cccc([C@]23CC[C@@H](N(CCC4CC[C@@H](O)C4)C(=O)Nc4cc(Cl)c(Cl)cc4Cl)CC2C3)c1. The molecule has 2 aromatic carbocycles. The number of urea groups is 1. The number of fused-ring (bicyclic) bond motifs is 1. The Morgan fingerprint density at radius 1 is 1.11 bits per heavy atom. The fourth-order valence-corrected chi connectivity index (χ4v) is 7.03. The van der Waals surface area contributed by atoms with Crippen LogP contribution in [-0.2, 0) is 5.41 Å². The van der Waals surface area contributed by atoms with Gasteiger partial charge in [0.25, 0.3) is 0 Å². The number of nitrogens with zero attached hydrogens (tertiary/aromatic N) is 2. The summed E-state index contributed by atoms with van der Waals surface area (Å²) in [5.41, 5.74) is 2.53. The van der Waals surface area contributed by atoms with E-state index in [9.17, 15) is 15.2 Å². The number of amides is 2. The number of aliphatic hydroxyl groups is 1. The molecule has 0 aliphatic heterocycles. The molecule has 5 atom stereocenters. The minimum atomic E-state index is -0.224. The predicted octanol–water partition coefficient (Wildman–Crippen LogP) is 7.41. The number of benzene rings is 2. The van der Waals surface area contributed by atoms with E-state index in [1.165, 1.54) is 5.56 Å². The van der Waals surface area contributed by atoms with E-state index in [2.05, 4.69) is 17.5 Å². The maximum Gasteiger partial charge on any atom is 0.322 e. The smallest absolute Gasteiger partial charge is 0.322 e. The molecule has 5 nitrogen and oxygen atoms in total. The Labute approximate surface area is 227 Å². The number of halogens is 3. The third-order valence-corrected chi connectivity index (χ3v) is 9.56. The summed E-state index contributed by atoms with van der Waals surface area (Å²) < 4.78 is 0. The summed E-state index contributed by atoms with van der Waals surface area (Å²) in [5.74, 6) is 0.934. The maximum absolute atomic E-state index is 13.6. The van der Waals surface area contributed by atoms with Crippen molar-refractivity contribution < 1.29 is 9.90 Å². The third-order valence-electron chi connectivity index (χ3n) is 8.52. The maximum atomic E-state index is 13.6. The van der Waals surface area contributed by atoms with Gasteiger partial charge in [-0.05, 0) is 98.4 Å². The van der Waals surface area contributed by atoms with Crippen LogP contribution in [0, 0.1) is 23.2 Å². The van der Waals surface area contributed by atoms with Gasteiger partial charge in [-0.1, -0.05) is 46.9 Å². The summed E-state index contributed by atoms with van der Waals surface area (Å²) in [5, 5.41) is 23.3. The van der Waals surface area contributed by atoms with Crippen molar-refractivity contribution in [3.63, 3.8) is 0 Å². The van der Waals surface area contributed by atoms with Gasteiger partial charge < -0.3 is 15.3 Å². The standard InChI is InChI=1S/C28H30Cl3N3O2/c29-23-13-25(31)26(14-24(23)30)33-27(36)34(9-7-17-4-5-22(35)11-17)21-6-8-28(15-20(28)12-21)19-3-1-2-18(10-19)16-32/h1-3,10,13-14,17,20-22,35H,4-9,11-12,15H2,(H,33,36)/t17?,20?,21-,22-,28-/m1/s1. The molecule has 0 bridgehead atoms. The van der Waals surface area contributed by atoms with Crippen LogP contribution in [0.3, 0.4) is 0 Å². The molecule has 0 spiro atoms. The molecule has 3 aliphatic carbocycles. The molecule has 2 unspecified atom stereocenters. The highest BCUT2D eigenvalue weighted by atomic mass is 35.5. The predicted molar refractivity (Wildman–Crippen MR) is 144 cm³/mol. The van der Waals surface area contributed by atoms with Crippen molar-refractivity contribution in [2.24, 2.45) is 11.8 Å². The van der Waals surface area contributed by atoms with Crippen LogP contribution >= 0.6 is 34.8 Å². The van der Waals surface area contributed by atoms with E-state index in [4.69, 9.17) is 34.8 Å². The van der Waals surface area contributed by atoms with E-state index in [0.29, 0.717) is 44.7 Å². The van der Waals surface area contributed by atoms with Gasteiger partial charge in [0.05, 0.1) is 38.5 Å². The fraction of sp³-hybridized carbons (Fsp3) is 0.500. The lowest BCUT2D eigenvalue weighted by atomic mass is 9.80. The molecule has 0 aromatic heterocycles. The molecular weight excluding hydrogens is 517 g/mol. The first-order valence-electron chi connectivity index (χ1n) is 12.7. The Kier molecular flexibility index (Phi) is 7.43. The van der Waals surface area contributed by atoms with Crippen molar-refractivity contribution in [1.29, 1.82) is 5.26 Å². The van der Waals surface area contributed by atoms with Crippen LogP contribution in [-0.4, -0.2) is 34.7 Å². The Hall–Kier alpha value is -1.97. The Morgan fingerprint density at radius 2 is 1.92 bits per heavy atom. The van der Waals surface area contributed by atoms with Gasteiger partial charge in [-0.2, -0.15) is 5.26 Å². The molecule has 3 fully saturated rings. The van der Waals surface area contributed by atoms with Crippen LogP contribution in [0.4, 0.5) is 10.5 Å². The first kappa shape index (κ1) is 25.7. The van der Waals surface area contributed by atoms with Gasteiger partial charge in [-0.3, -0.25) is 0 Å². The van der Waals surface area contributed by atoms with Crippen LogP contribution in [0.25, 0.3) is 0 Å². The zero-order chi connectivity index (χ0) is 25.4. The van der Waals surface area contributed by atoms with E-state index in [1.807, 2.05) is 23.1 Å². The van der Waals surface area contributed by atoms with Gasteiger partial charge in [-0.15, -0.1) is 0 Å². The summed E-state index contributed by atoms with van der Waals surface area (Å²) >= 11 is 18.6. The topological polar surface area (TPSA) is 76.4 Å². The molecule has 8 heteroatoms. The molecule has 0 radical (unpaired) electrons. The van der Waals surface area contributed by atoms with Gasteiger partial charge in [0.15, 0.2) is 0 Å². The number of rotatable bonds is 6. The number of nitrogens with one attached hydrogen (secondary N) is 1. The lowest BCUT2D eigenvalue weighted by Crippen LogP contribution is -2.46.